The van der Waals surface area contributed by atoms with E-state index in [9.17, 15) is 14.4 Å². The van der Waals surface area contributed by atoms with Crippen molar-refractivity contribution in [3.63, 3.8) is 0 Å². The van der Waals surface area contributed by atoms with E-state index >= 15 is 0 Å². The van der Waals surface area contributed by atoms with E-state index in [-0.39, 0.29) is 6.61 Å². The first-order chi connectivity index (χ1) is 14.2. The maximum absolute atomic E-state index is 11.8. The SMILES string of the molecule is CC(=O)OC[C@H]1O[C@@H](n2cnc3c(N(C)C)ncnc32)[C@H](OC(C)=O)[C@@H]1OC(C)=O. The number of ether oxygens (including phenoxy) is 4. The highest BCUT2D eigenvalue weighted by atomic mass is 16.7. The zero-order chi connectivity index (χ0) is 22.0. The number of rotatable bonds is 6. The topological polar surface area (TPSA) is 135 Å². The van der Waals surface area contributed by atoms with Gasteiger partial charge in [-0.3, -0.25) is 19.0 Å². The molecule has 1 fully saturated rings. The number of carbonyl (C=O) groups excluding carboxylic acids is 3. The van der Waals surface area contributed by atoms with Crippen LogP contribution in [-0.2, 0) is 33.3 Å². The van der Waals surface area contributed by atoms with E-state index < -0.39 is 42.4 Å². The van der Waals surface area contributed by atoms with Crippen LogP contribution in [-0.4, -0.2) is 76.4 Å². The van der Waals surface area contributed by atoms with Gasteiger partial charge in [0.15, 0.2) is 35.4 Å². The Labute approximate surface area is 172 Å². The summed E-state index contributed by atoms with van der Waals surface area (Å²) in [6.07, 6.45) is -0.933. The molecule has 0 N–H and O–H groups in total. The van der Waals surface area contributed by atoms with Gasteiger partial charge in [0.05, 0.1) is 6.33 Å². The maximum Gasteiger partial charge on any atom is 0.303 e. The summed E-state index contributed by atoms with van der Waals surface area (Å²) in [6.45, 7) is 3.52. The molecule has 1 aliphatic heterocycles. The lowest BCUT2D eigenvalue weighted by atomic mass is 10.1. The third-order valence-corrected chi connectivity index (χ3v) is 4.38. The Morgan fingerprint density at radius 2 is 1.70 bits per heavy atom. The molecule has 0 saturated carbocycles. The van der Waals surface area contributed by atoms with Crippen LogP contribution in [0.4, 0.5) is 5.82 Å². The third kappa shape index (κ3) is 4.32. The van der Waals surface area contributed by atoms with Crippen LogP contribution in [0.2, 0.25) is 0 Å². The summed E-state index contributed by atoms with van der Waals surface area (Å²) in [5.74, 6) is -1.12. The van der Waals surface area contributed by atoms with Crippen LogP contribution < -0.4 is 4.90 Å². The Morgan fingerprint density at radius 1 is 1.03 bits per heavy atom. The fourth-order valence-electron chi connectivity index (χ4n) is 3.27. The van der Waals surface area contributed by atoms with Crippen molar-refractivity contribution in [1.29, 1.82) is 0 Å². The van der Waals surface area contributed by atoms with Crippen LogP contribution in [0.25, 0.3) is 11.2 Å². The predicted octanol–water partition coefficient (Wildman–Crippen LogP) is 0.216. The molecule has 30 heavy (non-hydrogen) atoms. The summed E-state index contributed by atoms with van der Waals surface area (Å²) >= 11 is 0. The second kappa shape index (κ2) is 8.61. The number of aromatic nitrogens is 4. The van der Waals surface area contributed by atoms with E-state index in [0.717, 1.165) is 0 Å². The van der Waals surface area contributed by atoms with Gasteiger partial charge >= 0.3 is 17.9 Å². The summed E-state index contributed by atoms with van der Waals surface area (Å²) < 4.78 is 23.4. The number of nitrogens with zero attached hydrogens (tertiary/aromatic N) is 5. The quantitative estimate of drug-likeness (QED) is 0.468. The van der Waals surface area contributed by atoms with E-state index in [4.69, 9.17) is 18.9 Å². The van der Waals surface area contributed by atoms with E-state index in [1.165, 1.54) is 33.4 Å². The molecule has 12 heteroatoms. The molecule has 0 radical (unpaired) electrons. The molecule has 162 valence electrons. The van der Waals surface area contributed by atoms with Crippen molar-refractivity contribution in [2.75, 3.05) is 25.6 Å². The average molecular weight is 421 g/mol. The summed E-state index contributed by atoms with van der Waals surface area (Å²) in [5, 5.41) is 0. The Morgan fingerprint density at radius 3 is 2.30 bits per heavy atom. The average Bonchev–Trinajstić information content (AvgIpc) is 3.21. The lowest BCUT2D eigenvalue weighted by molar-refractivity contribution is -0.166. The molecule has 3 heterocycles. The number of carbonyl (C=O) groups is 3. The summed E-state index contributed by atoms with van der Waals surface area (Å²) in [4.78, 5) is 49.3. The Balaban J connectivity index is 2.03. The van der Waals surface area contributed by atoms with Gasteiger partial charge in [-0.1, -0.05) is 0 Å². The molecule has 0 aliphatic carbocycles. The van der Waals surface area contributed by atoms with Crippen molar-refractivity contribution in [2.45, 2.75) is 45.3 Å². The van der Waals surface area contributed by atoms with Crippen LogP contribution in [0.3, 0.4) is 0 Å². The zero-order valence-corrected chi connectivity index (χ0v) is 17.3. The minimum Gasteiger partial charge on any atom is -0.463 e. The van der Waals surface area contributed by atoms with Crippen molar-refractivity contribution >= 4 is 34.9 Å². The molecule has 12 nitrogen and oxygen atoms in total. The normalized spacial score (nSPS) is 23.2. The van der Waals surface area contributed by atoms with Gasteiger partial charge in [0.25, 0.3) is 0 Å². The Kier molecular flexibility index (Phi) is 6.15. The summed E-state index contributed by atoms with van der Waals surface area (Å²) in [7, 11) is 3.64. The Bertz CT molecular complexity index is 960. The monoisotopic (exact) mass is 421 g/mol. The van der Waals surface area contributed by atoms with Crippen LogP contribution in [0, 0.1) is 0 Å². The predicted molar refractivity (Wildman–Crippen MR) is 101 cm³/mol. The number of hydrogen-bond acceptors (Lipinski definition) is 11. The highest BCUT2D eigenvalue weighted by Crippen LogP contribution is 2.36. The largest absolute Gasteiger partial charge is 0.463 e. The molecule has 3 rings (SSSR count). The summed E-state index contributed by atoms with van der Waals surface area (Å²) in [6, 6.07) is 0. The number of fused-ring (bicyclic) bond motifs is 1. The molecular formula is C18H23N5O7. The fraction of sp³-hybridized carbons (Fsp3) is 0.556. The molecule has 0 aromatic carbocycles. The maximum atomic E-state index is 11.8. The zero-order valence-electron chi connectivity index (χ0n) is 17.3. The fourth-order valence-corrected chi connectivity index (χ4v) is 3.27. The van der Waals surface area contributed by atoms with Crippen LogP contribution >= 0.6 is 0 Å². The minimum atomic E-state index is -1.01. The second-order valence-corrected chi connectivity index (χ2v) is 6.93. The van der Waals surface area contributed by atoms with Gasteiger partial charge in [-0.05, 0) is 0 Å². The molecule has 0 spiro atoms. The van der Waals surface area contributed by atoms with Gasteiger partial charge in [0.1, 0.15) is 19.0 Å². The van der Waals surface area contributed by atoms with Gasteiger partial charge in [-0.25, -0.2) is 15.0 Å². The molecule has 2 aromatic rings. The van der Waals surface area contributed by atoms with Gasteiger partial charge in [0, 0.05) is 34.9 Å². The molecule has 0 unspecified atom stereocenters. The number of anilines is 1. The smallest absolute Gasteiger partial charge is 0.303 e. The van der Waals surface area contributed by atoms with Gasteiger partial charge in [-0.2, -0.15) is 0 Å². The van der Waals surface area contributed by atoms with E-state index in [0.29, 0.717) is 17.0 Å². The van der Waals surface area contributed by atoms with Crippen molar-refractivity contribution in [3.05, 3.63) is 12.7 Å². The number of hydrogen-bond donors (Lipinski definition) is 0. The first-order valence-corrected chi connectivity index (χ1v) is 9.17. The van der Waals surface area contributed by atoms with E-state index in [1.54, 1.807) is 9.47 Å². The lowest BCUT2D eigenvalue weighted by Gasteiger charge is -2.23. The third-order valence-electron chi connectivity index (χ3n) is 4.38. The number of imidazole rings is 1. The standard InChI is InChI=1S/C18H23N5O7/c1-9(24)27-6-12-14(28-10(2)25)15(29-11(3)26)18(30-12)23-8-21-13-16(22(4)5)19-7-20-17(13)23/h7-8,12,14-15,18H,6H2,1-5H3/t12-,14-,15-,18-/m1/s1. The first kappa shape index (κ1) is 21.4. The van der Waals surface area contributed by atoms with Gasteiger partial charge in [0.2, 0.25) is 0 Å². The van der Waals surface area contributed by atoms with Gasteiger partial charge < -0.3 is 23.8 Å². The first-order valence-electron chi connectivity index (χ1n) is 9.17. The molecule has 1 saturated heterocycles. The molecular weight excluding hydrogens is 398 g/mol. The van der Waals surface area contributed by atoms with Crippen LogP contribution in [0.15, 0.2) is 12.7 Å². The second-order valence-electron chi connectivity index (χ2n) is 6.93. The van der Waals surface area contributed by atoms with Crippen molar-refractivity contribution in [2.24, 2.45) is 0 Å². The van der Waals surface area contributed by atoms with E-state index in [1.807, 2.05) is 14.1 Å². The Hall–Kier alpha value is -3.28. The highest BCUT2D eigenvalue weighted by molar-refractivity contribution is 5.83. The van der Waals surface area contributed by atoms with E-state index in [2.05, 4.69) is 15.0 Å². The highest BCUT2D eigenvalue weighted by Gasteiger charge is 2.51. The van der Waals surface area contributed by atoms with Crippen molar-refractivity contribution in [3.8, 4) is 0 Å². The summed E-state index contributed by atoms with van der Waals surface area (Å²) in [5.41, 5.74) is 0.950. The molecule has 2 aromatic heterocycles. The van der Waals surface area contributed by atoms with Crippen molar-refractivity contribution < 1.29 is 33.3 Å². The number of esters is 3. The van der Waals surface area contributed by atoms with Crippen molar-refractivity contribution in [1.82, 2.24) is 19.5 Å². The lowest BCUT2D eigenvalue weighted by Crippen LogP contribution is -2.40. The molecule has 0 amide bonds. The molecule has 4 atom stereocenters. The van der Waals surface area contributed by atoms with Crippen LogP contribution in [0.5, 0.6) is 0 Å². The molecule has 1 aliphatic rings. The minimum absolute atomic E-state index is 0.188. The van der Waals surface area contributed by atoms with Crippen LogP contribution in [0.1, 0.15) is 27.0 Å². The van der Waals surface area contributed by atoms with Gasteiger partial charge in [-0.15, -0.1) is 0 Å². The molecule has 0 bridgehead atoms.